The summed E-state index contributed by atoms with van der Waals surface area (Å²) in [7, 11) is -3.60. The van der Waals surface area contributed by atoms with E-state index >= 15 is 0 Å². The number of sulfonamides is 1. The number of hydrogen-bond acceptors (Lipinski definition) is 5. The molecule has 3 heterocycles. The average Bonchev–Trinajstić information content (AvgIpc) is 3.49. The number of nitrogens with zero attached hydrogens (tertiary/aromatic N) is 2. The van der Waals surface area contributed by atoms with Gasteiger partial charge in [0.05, 0.1) is 10.9 Å². The van der Waals surface area contributed by atoms with Crippen LogP contribution in [-0.4, -0.2) is 55.8 Å². The van der Waals surface area contributed by atoms with Crippen molar-refractivity contribution in [3.05, 3.63) is 52.2 Å². The second kappa shape index (κ2) is 9.81. The van der Waals surface area contributed by atoms with Gasteiger partial charge >= 0.3 is 0 Å². The van der Waals surface area contributed by atoms with Gasteiger partial charge in [-0.15, -0.1) is 11.3 Å². The third-order valence-corrected chi connectivity index (χ3v) is 9.34. The van der Waals surface area contributed by atoms with Gasteiger partial charge in [0.2, 0.25) is 10.0 Å². The van der Waals surface area contributed by atoms with Crippen LogP contribution in [0.4, 0.5) is 0 Å². The van der Waals surface area contributed by atoms with Crippen molar-refractivity contribution in [2.75, 3.05) is 26.2 Å². The molecule has 0 aliphatic carbocycles. The lowest BCUT2D eigenvalue weighted by atomic mass is 10.1. The second-order valence-corrected chi connectivity index (χ2v) is 11.3. The average molecular weight is 462 g/mol. The minimum absolute atomic E-state index is 0.0109. The summed E-state index contributed by atoms with van der Waals surface area (Å²) >= 11 is 1.71. The predicted octanol–water partition coefficient (Wildman–Crippen LogP) is 3.88. The van der Waals surface area contributed by atoms with E-state index in [9.17, 15) is 13.2 Å². The van der Waals surface area contributed by atoms with Crippen LogP contribution in [0.15, 0.2) is 46.7 Å². The zero-order valence-corrected chi connectivity index (χ0v) is 19.6. The van der Waals surface area contributed by atoms with Gasteiger partial charge in [-0.1, -0.05) is 18.6 Å². The smallest absolute Gasteiger partial charge is 0.251 e. The van der Waals surface area contributed by atoms with Crippen molar-refractivity contribution in [3.63, 3.8) is 0 Å². The van der Waals surface area contributed by atoms with E-state index < -0.39 is 10.0 Å². The Hall–Kier alpha value is -1.74. The maximum absolute atomic E-state index is 13.2. The third kappa shape index (κ3) is 5.03. The number of hydrogen-bond donors (Lipinski definition) is 1. The number of nitrogens with one attached hydrogen (secondary N) is 1. The van der Waals surface area contributed by atoms with E-state index in [0.29, 0.717) is 18.7 Å². The van der Waals surface area contributed by atoms with Crippen LogP contribution >= 0.6 is 11.3 Å². The number of piperidine rings is 1. The Balaban J connectivity index is 1.47. The number of likely N-dealkylation sites (tertiary alicyclic amines) is 1. The molecule has 168 valence electrons. The van der Waals surface area contributed by atoms with Crippen molar-refractivity contribution in [3.8, 4) is 0 Å². The SMILES string of the molecule is CC1CCCCN1S(=O)(=O)c1cccc(C(=O)NCC(c2cccs2)N2CCCC2)c1. The van der Waals surface area contributed by atoms with Crippen LogP contribution in [0.5, 0.6) is 0 Å². The van der Waals surface area contributed by atoms with Crippen molar-refractivity contribution in [1.29, 1.82) is 0 Å². The summed E-state index contributed by atoms with van der Waals surface area (Å²) in [6, 6.07) is 10.8. The van der Waals surface area contributed by atoms with Crippen LogP contribution in [0.2, 0.25) is 0 Å². The van der Waals surface area contributed by atoms with Crippen molar-refractivity contribution < 1.29 is 13.2 Å². The largest absolute Gasteiger partial charge is 0.350 e. The summed E-state index contributed by atoms with van der Waals surface area (Å²) in [5.74, 6) is -0.232. The molecule has 6 nitrogen and oxygen atoms in total. The van der Waals surface area contributed by atoms with Crippen LogP contribution in [0.3, 0.4) is 0 Å². The Labute approximate surface area is 189 Å². The number of carbonyl (C=O) groups excluding carboxylic acids is 1. The van der Waals surface area contributed by atoms with E-state index in [1.807, 2.05) is 13.0 Å². The molecule has 2 unspecified atom stereocenters. The summed E-state index contributed by atoms with van der Waals surface area (Å²) in [6.07, 6.45) is 5.18. The Bertz CT molecular complexity index is 985. The molecule has 2 aliphatic rings. The van der Waals surface area contributed by atoms with E-state index in [1.54, 1.807) is 33.8 Å². The maximum Gasteiger partial charge on any atom is 0.251 e. The van der Waals surface area contributed by atoms with Gasteiger partial charge in [0.25, 0.3) is 5.91 Å². The van der Waals surface area contributed by atoms with Gasteiger partial charge in [-0.2, -0.15) is 4.31 Å². The molecule has 1 amide bonds. The molecule has 1 aromatic carbocycles. The zero-order chi connectivity index (χ0) is 21.8. The quantitative estimate of drug-likeness (QED) is 0.679. The van der Waals surface area contributed by atoms with Crippen molar-refractivity contribution in [2.45, 2.75) is 56.0 Å². The van der Waals surface area contributed by atoms with Gasteiger partial charge < -0.3 is 5.32 Å². The van der Waals surface area contributed by atoms with Crippen LogP contribution < -0.4 is 5.32 Å². The summed E-state index contributed by atoms with van der Waals surface area (Å²) < 4.78 is 27.9. The highest BCUT2D eigenvalue weighted by Gasteiger charge is 2.31. The maximum atomic E-state index is 13.2. The molecule has 0 bridgehead atoms. The number of rotatable bonds is 7. The van der Waals surface area contributed by atoms with Crippen LogP contribution in [-0.2, 0) is 10.0 Å². The van der Waals surface area contributed by atoms with Crippen LogP contribution in [0.25, 0.3) is 0 Å². The van der Waals surface area contributed by atoms with E-state index in [4.69, 9.17) is 0 Å². The molecule has 2 atom stereocenters. The van der Waals surface area contributed by atoms with Crippen LogP contribution in [0, 0.1) is 0 Å². The highest BCUT2D eigenvalue weighted by Crippen LogP contribution is 2.28. The molecular weight excluding hydrogens is 430 g/mol. The molecule has 8 heteroatoms. The Morgan fingerprint density at radius 3 is 2.61 bits per heavy atom. The van der Waals surface area contributed by atoms with Gasteiger partial charge in [-0.3, -0.25) is 9.69 Å². The van der Waals surface area contributed by atoms with Gasteiger partial charge in [0.1, 0.15) is 0 Å². The fourth-order valence-electron chi connectivity index (χ4n) is 4.60. The lowest BCUT2D eigenvalue weighted by Crippen LogP contribution is -2.42. The van der Waals surface area contributed by atoms with Crippen molar-refractivity contribution >= 4 is 27.3 Å². The molecule has 31 heavy (non-hydrogen) atoms. The van der Waals surface area contributed by atoms with E-state index in [-0.39, 0.29) is 22.9 Å². The molecule has 4 rings (SSSR count). The first-order chi connectivity index (χ1) is 15.0. The molecule has 0 saturated carbocycles. The second-order valence-electron chi connectivity index (χ2n) is 8.47. The summed E-state index contributed by atoms with van der Waals surface area (Å²) in [5, 5.41) is 5.11. The Morgan fingerprint density at radius 1 is 1.13 bits per heavy atom. The molecule has 0 radical (unpaired) electrons. The summed E-state index contributed by atoms with van der Waals surface area (Å²) in [4.78, 5) is 16.8. The first kappa shape index (κ1) is 22.5. The van der Waals surface area contributed by atoms with Gasteiger partial charge in [-0.25, -0.2) is 8.42 Å². The highest BCUT2D eigenvalue weighted by atomic mass is 32.2. The molecule has 2 fully saturated rings. The van der Waals surface area contributed by atoms with E-state index in [2.05, 4.69) is 21.7 Å². The number of carbonyl (C=O) groups is 1. The first-order valence-corrected chi connectivity index (χ1v) is 13.5. The zero-order valence-electron chi connectivity index (χ0n) is 18.0. The molecule has 2 aliphatic heterocycles. The summed E-state index contributed by atoms with van der Waals surface area (Å²) in [6.45, 7) is 5.09. The fourth-order valence-corrected chi connectivity index (χ4v) is 7.20. The molecule has 0 spiro atoms. The topological polar surface area (TPSA) is 69.7 Å². The van der Waals surface area contributed by atoms with Gasteiger partial charge in [-0.05, 0) is 75.3 Å². The lowest BCUT2D eigenvalue weighted by molar-refractivity contribution is 0.0938. The van der Waals surface area contributed by atoms with Gasteiger partial charge in [0.15, 0.2) is 0 Å². The number of amides is 1. The lowest BCUT2D eigenvalue weighted by Gasteiger charge is -2.32. The first-order valence-electron chi connectivity index (χ1n) is 11.1. The minimum atomic E-state index is -3.60. The molecule has 2 saturated heterocycles. The number of benzene rings is 1. The Morgan fingerprint density at radius 2 is 1.90 bits per heavy atom. The normalized spacial score (nSPS) is 21.8. The Kier molecular flexibility index (Phi) is 7.11. The molecule has 2 aromatic rings. The summed E-state index contributed by atoms with van der Waals surface area (Å²) in [5.41, 5.74) is 0.386. The van der Waals surface area contributed by atoms with E-state index in [1.165, 1.54) is 23.8 Å². The van der Waals surface area contributed by atoms with Crippen molar-refractivity contribution in [2.24, 2.45) is 0 Å². The fraction of sp³-hybridized carbons (Fsp3) is 0.522. The molecule has 1 N–H and O–H groups in total. The number of thiophene rings is 1. The van der Waals surface area contributed by atoms with Crippen LogP contribution in [0.1, 0.15) is 60.3 Å². The third-order valence-electron chi connectivity index (χ3n) is 6.35. The predicted molar refractivity (Wildman–Crippen MR) is 124 cm³/mol. The van der Waals surface area contributed by atoms with Gasteiger partial charge in [0, 0.05) is 29.6 Å². The van der Waals surface area contributed by atoms with Crippen molar-refractivity contribution in [1.82, 2.24) is 14.5 Å². The minimum Gasteiger partial charge on any atom is -0.350 e. The molecule has 1 aromatic heterocycles. The standard InChI is InChI=1S/C23H31N3O3S2/c1-18-8-2-3-14-26(18)31(28,29)20-10-6-9-19(16-20)23(27)24-17-21(22-11-7-15-30-22)25-12-4-5-13-25/h6-7,9-11,15-16,18,21H,2-5,8,12-14,17H2,1H3,(H,24,27). The van der Waals surface area contributed by atoms with E-state index in [0.717, 1.165) is 32.4 Å². The molecular formula is C23H31N3O3S2. The highest BCUT2D eigenvalue weighted by molar-refractivity contribution is 7.89. The monoisotopic (exact) mass is 461 g/mol.